The van der Waals surface area contributed by atoms with E-state index in [0.717, 1.165) is 0 Å². The van der Waals surface area contributed by atoms with Crippen molar-refractivity contribution in [3.05, 3.63) is 74.2 Å². The van der Waals surface area contributed by atoms with Gasteiger partial charge in [0.2, 0.25) is 0 Å². The van der Waals surface area contributed by atoms with E-state index < -0.39 is 9.52 Å². The van der Waals surface area contributed by atoms with Crippen LogP contribution in [0.5, 0.6) is 0 Å². The average Bonchev–Trinajstić information content (AvgIpc) is 2.82. The first-order valence-corrected chi connectivity index (χ1v) is 13.5. The third kappa shape index (κ3) is 6.55. The van der Waals surface area contributed by atoms with Gasteiger partial charge < -0.3 is 37.2 Å². The number of allylic oxidation sites excluding steroid dienone is 8. The van der Waals surface area contributed by atoms with E-state index in [9.17, 15) is 0 Å². The SMILES string of the molecule is CCCCC1(CC2([SiH2]c3cc(C)cc(C)c3)C(C)=C(C)C(C)=[C]2[Ti+3])C=CC=CC1.[Cl-].[Cl-].[Cl-]. The second kappa shape index (κ2) is 13.2. The molecule has 1 aromatic rings. The van der Waals surface area contributed by atoms with Crippen molar-refractivity contribution in [1.82, 2.24) is 0 Å². The molecule has 0 N–H and O–H groups in total. The second-order valence-electron chi connectivity index (χ2n) is 9.64. The quantitative estimate of drug-likeness (QED) is 0.335. The zero-order chi connectivity index (χ0) is 21.2. The molecule has 0 fully saturated rings. The Morgan fingerprint density at radius 2 is 1.53 bits per heavy atom. The van der Waals surface area contributed by atoms with Gasteiger partial charge in [0.25, 0.3) is 0 Å². The smallest absolute Gasteiger partial charge is 1.00 e. The molecule has 1 aromatic carbocycles. The van der Waals surface area contributed by atoms with Gasteiger partial charge in [-0.2, -0.15) is 0 Å². The van der Waals surface area contributed by atoms with Gasteiger partial charge in [0.15, 0.2) is 0 Å². The van der Waals surface area contributed by atoms with Crippen LogP contribution in [0, 0.1) is 19.3 Å². The van der Waals surface area contributed by atoms with Crippen LogP contribution in [0.1, 0.15) is 70.9 Å². The van der Waals surface area contributed by atoms with Crippen LogP contribution in [-0.2, 0) is 20.4 Å². The molecule has 0 saturated carbocycles. The summed E-state index contributed by atoms with van der Waals surface area (Å²) in [6, 6.07) is 7.26. The molecule has 32 heavy (non-hydrogen) atoms. The minimum absolute atomic E-state index is 0. The molecule has 174 valence electrons. The molecule has 0 aromatic heterocycles. The normalized spacial score (nSPS) is 24.6. The van der Waals surface area contributed by atoms with Crippen molar-refractivity contribution in [2.24, 2.45) is 5.41 Å². The zero-order valence-corrected chi connectivity index (χ0v) is 25.7. The predicted octanol–water partition coefficient (Wildman–Crippen LogP) is -2.48. The van der Waals surface area contributed by atoms with Gasteiger partial charge in [0, 0.05) is 0 Å². The third-order valence-electron chi connectivity index (χ3n) is 7.39. The monoisotopic (exact) mass is 542 g/mol. The fraction of sp³-hybridized carbons (Fsp3) is 0.481. The average molecular weight is 544 g/mol. The number of aryl methyl sites for hydroxylation is 2. The van der Waals surface area contributed by atoms with Gasteiger partial charge in [0.1, 0.15) is 0 Å². The first kappa shape index (κ1) is 32.0. The fourth-order valence-electron chi connectivity index (χ4n) is 5.64. The Balaban J connectivity index is 0.00000320. The number of benzene rings is 1. The van der Waals surface area contributed by atoms with E-state index in [1.165, 1.54) is 43.2 Å². The maximum absolute atomic E-state index is 2.56. The fourth-order valence-corrected chi connectivity index (χ4v) is 9.92. The first-order valence-electron chi connectivity index (χ1n) is 11.3. The van der Waals surface area contributed by atoms with Crippen molar-refractivity contribution in [1.29, 1.82) is 0 Å². The molecule has 0 saturated heterocycles. The summed E-state index contributed by atoms with van der Waals surface area (Å²) in [4.78, 5) is 0. The topological polar surface area (TPSA) is 0 Å². The number of rotatable bonds is 7. The molecule has 2 aliphatic rings. The summed E-state index contributed by atoms with van der Waals surface area (Å²) in [5, 5.41) is 1.90. The summed E-state index contributed by atoms with van der Waals surface area (Å²) in [7, 11) is -0.522. The Hall–Kier alpha value is -0.0188. The first-order chi connectivity index (χ1) is 13.7. The van der Waals surface area contributed by atoms with Gasteiger partial charge in [-0.05, 0) is 0 Å². The van der Waals surface area contributed by atoms with Crippen LogP contribution in [0.4, 0.5) is 0 Å². The van der Waals surface area contributed by atoms with Crippen LogP contribution in [0.25, 0.3) is 0 Å². The maximum atomic E-state index is 2.56. The molecule has 0 radical (unpaired) electrons. The molecule has 0 heterocycles. The maximum Gasteiger partial charge on any atom is -1.00 e. The van der Waals surface area contributed by atoms with Crippen molar-refractivity contribution >= 4 is 14.7 Å². The minimum atomic E-state index is -0.522. The molecule has 0 aliphatic heterocycles. The molecule has 0 spiro atoms. The largest absolute Gasteiger partial charge is 1.00 e. The Labute approximate surface area is 229 Å². The Bertz CT molecular complexity index is 869. The minimum Gasteiger partial charge on any atom is -1.00 e. The summed E-state index contributed by atoms with van der Waals surface area (Å²) in [5.74, 6) is 0. The van der Waals surface area contributed by atoms with Gasteiger partial charge in [-0.25, -0.2) is 0 Å². The molecule has 2 atom stereocenters. The molecule has 2 aliphatic carbocycles. The molecule has 0 bridgehead atoms. The summed E-state index contributed by atoms with van der Waals surface area (Å²) in [6.07, 6.45) is 15.9. The number of unbranched alkanes of at least 4 members (excludes halogenated alkanes) is 1. The van der Waals surface area contributed by atoms with E-state index in [-0.39, 0.29) is 42.3 Å². The standard InChI is InChI=1S/C27H37Si.3ClH.Ti/c1-7-8-12-26(13-10-9-11-14-26)19-27(18-22(4)23(5)24(27)6)28-25-16-20(2)15-21(3)17-25;;;;/h9-11,13,15-17H,7-8,12,14,19,28H2,1-6H3;3*1H;/q;;;;+3/p-3. The van der Waals surface area contributed by atoms with Crippen LogP contribution < -0.4 is 42.4 Å². The van der Waals surface area contributed by atoms with Crippen molar-refractivity contribution in [2.45, 2.75) is 78.7 Å². The van der Waals surface area contributed by atoms with Crippen LogP contribution in [0.2, 0.25) is 5.04 Å². The van der Waals surface area contributed by atoms with E-state index in [1.54, 1.807) is 25.8 Å². The molecule has 2 unspecified atom stereocenters. The van der Waals surface area contributed by atoms with Crippen molar-refractivity contribution < 1.29 is 57.7 Å². The summed E-state index contributed by atoms with van der Waals surface area (Å²) in [5.41, 5.74) is 7.92. The van der Waals surface area contributed by atoms with Gasteiger partial charge in [0.05, 0.1) is 0 Å². The van der Waals surface area contributed by atoms with Gasteiger partial charge in [-0.3, -0.25) is 0 Å². The number of hydrogen-bond donors (Lipinski definition) is 0. The molecule has 0 nitrogen and oxygen atoms in total. The molecular formula is C27H37Cl3SiTi. The van der Waals surface area contributed by atoms with Crippen molar-refractivity contribution in [2.75, 3.05) is 0 Å². The second-order valence-corrected chi connectivity index (χ2v) is 12.8. The summed E-state index contributed by atoms with van der Waals surface area (Å²) in [6.45, 7) is 14.0. The van der Waals surface area contributed by atoms with Crippen molar-refractivity contribution in [3.63, 3.8) is 0 Å². The Kier molecular flexibility index (Phi) is 13.2. The van der Waals surface area contributed by atoms with Crippen LogP contribution in [-0.4, -0.2) is 9.52 Å². The molecule has 0 amide bonds. The Morgan fingerprint density at radius 3 is 2.00 bits per heavy atom. The number of hydrogen-bond acceptors (Lipinski definition) is 0. The van der Waals surface area contributed by atoms with Gasteiger partial charge in [-0.1, -0.05) is 0 Å². The van der Waals surface area contributed by atoms with Gasteiger partial charge in [-0.15, -0.1) is 0 Å². The predicted molar refractivity (Wildman–Crippen MR) is 127 cm³/mol. The van der Waals surface area contributed by atoms with Crippen molar-refractivity contribution in [3.8, 4) is 0 Å². The zero-order valence-electron chi connectivity index (χ0n) is 20.4. The van der Waals surface area contributed by atoms with E-state index >= 15 is 0 Å². The van der Waals surface area contributed by atoms with Crippen LogP contribution in [0.3, 0.4) is 0 Å². The molecule has 5 heteroatoms. The van der Waals surface area contributed by atoms with Crippen LogP contribution in [0.15, 0.2) is 63.1 Å². The van der Waals surface area contributed by atoms with E-state index in [2.05, 4.69) is 104 Å². The molecule has 3 rings (SSSR count). The summed E-state index contributed by atoms with van der Waals surface area (Å²) < 4.78 is 1.66. The van der Waals surface area contributed by atoms with Gasteiger partial charge >= 0.3 is 193 Å². The third-order valence-corrected chi connectivity index (χ3v) is 11.8. The van der Waals surface area contributed by atoms with Crippen LogP contribution >= 0.6 is 0 Å². The molecular weight excluding hydrogens is 507 g/mol. The van der Waals surface area contributed by atoms with E-state index in [4.69, 9.17) is 0 Å². The van der Waals surface area contributed by atoms with E-state index in [1.807, 2.05) is 0 Å². The Morgan fingerprint density at radius 1 is 0.906 bits per heavy atom. The van der Waals surface area contributed by atoms with E-state index in [0.29, 0.717) is 5.41 Å². The number of halogens is 3. The summed E-state index contributed by atoms with van der Waals surface area (Å²) >= 11 is 2.45.